The molecule has 4 aromatic heterocycles. The van der Waals surface area contributed by atoms with Crippen LogP contribution in [-0.4, -0.2) is 71.7 Å². The van der Waals surface area contributed by atoms with Crippen LogP contribution in [0.2, 0.25) is 0 Å². The normalized spacial score (nSPS) is 16.3. The van der Waals surface area contributed by atoms with Crippen LogP contribution in [0, 0.1) is 13.8 Å². The molecule has 42 heavy (non-hydrogen) atoms. The number of nitrogens with zero attached hydrogens (tertiary/aromatic N) is 7. The highest BCUT2D eigenvalue weighted by molar-refractivity contribution is 6.03. The van der Waals surface area contributed by atoms with Gasteiger partial charge in [-0.05, 0) is 78.5 Å². The highest BCUT2D eigenvalue weighted by atomic mass is 19.1. The Morgan fingerprint density at radius 2 is 1.79 bits per heavy atom. The Morgan fingerprint density at radius 1 is 1.07 bits per heavy atom. The first-order chi connectivity index (χ1) is 20.0. The van der Waals surface area contributed by atoms with Gasteiger partial charge in [0.15, 0.2) is 11.5 Å². The Labute approximate surface area is 243 Å². The number of halogens is 1. The summed E-state index contributed by atoms with van der Waals surface area (Å²) in [6, 6.07) is 5.65. The predicted octanol–water partition coefficient (Wildman–Crippen LogP) is 5.08. The van der Waals surface area contributed by atoms with Crippen LogP contribution < -0.4 is 10.2 Å². The van der Waals surface area contributed by atoms with E-state index >= 15 is 0 Å². The van der Waals surface area contributed by atoms with E-state index in [9.17, 15) is 14.0 Å². The van der Waals surface area contributed by atoms with Crippen molar-refractivity contribution < 1.29 is 18.7 Å². The lowest BCUT2D eigenvalue weighted by Crippen LogP contribution is -2.50. The van der Waals surface area contributed by atoms with Gasteiger partial charge in [-0.2, -0.15) is 5.10 Å². The van der Waals surface area contributed by atoms with Gasteiger partial charge in [-0.15, -0.1) is 0 Å². The van der Waals surface area contributed by atoms with Crippen molar-refractivity contribution in [3.8, 4) is 0 Å². The van der Waals surface area contributed by atoms with Gasteiger partial charge >= 0.3 is 6.09 Å². The Morgan fingerprint density at radius 3 is 2.45 bits per heavy atom. The first kappa shape index (κ1) is 27.9. The third kappa shape index (κ3) is 5.49. The quantitative estimate of drug-likeness (QED) is 0.341. The van der Waals surface area contributed by atoms with Crippen LogP contribution in [0.25, 0.3) is 11.2 Å². The fraction of sp³-hybridized carbons (Fsp3) is 0.500. The van der Waals surface area contributed by atoms with Crippen molar-refractivity contribution in [2.75, 3.05) is 23.3 Å². The number of alkyl halides is 1. The fourth-order valence-electron chi connectivity index (χ4n) is 5.81. The van der Waals surface area contributed by atoms with Crippen molar-refractivity contribution in [2.24, 2.45) is 0 Å². The number of pyridine rings is 1. The van der Waals surface area contributed by atoms with Crippen LogP contribution in [-0.2, 0) is 11.4 Å². The van der Waals surface area contributed by atoms with E-state index in [0.29, 0.717) is 30.1 Å². The van der Waals surface area contributed by atoms with Crippen molar-refractivity contribution >= 4 is 34.7 Å². The molecule has 1 saturated carbocycles. The number of aryl methyl sites for hydroxylation is 2. The number of carbonyl (C=O) groups is 2. The molecule has 0 spiro atoms. The molecule has 222 valence electrons. The highest BCUT2D eigenvalue weighted by Gasteiger charge is 2.41. The number of anilines is 2. The second-order valence-corrected chi connectivity index (χ2v) is 12.3. The third-order valence-corrected chi connectivity index (χ3v) is 7.73. The summed E-state index contributed by atoms with van der Waals surface area (Å²) in [4.78, 5) is 39.5. The number of nitrogens with one attached hydrogen (secondary N) is 1. The van der Waals surface area contributed by atoms with Gasteiger partial charge in [0.2, 0.25) is 0 Å². The van der Waals surface area contributed by atoms with E-state index in [1.807, 2.05) is 56.2 Å². The largest absolute Gasteiger partial charge is 0.444 e. The summed E-state index contributed by atoms with van der Waals surface area (Å²) in [7, 11) is 0. The van der Waals surface area contributed by atoms with Crippen molar-refractivity contribution in [1.82, 2.24) is 28.9 Å². The van der Waals surface area contributed by atoms with Gasteiger partial charge in [0.25, 0.3) is 5.91 Å². The summed E-state index contributed by atoms with van der Waals surface area (Å²) in [5.74, 6) is -0.0141. The number of hydrogen-bond donors (Lipinski definition) is 1. The fourth-order valence-corrected chi connectivity index (χ4v) is 5.81. The number of piperidine rings is 1. The zero-order chi connectivity index (χ0) is 29.8. The average Bonchev–Trinajstić information content (AvgIpc) is 3.50. The van der Waals surface area contributed by atoms with Crippen molar-refractivity contribution in [3.05, 3.63) is 53.4 Å². The van der Waals surface area contributed by atoms with Gasteiger partial charge in [0.1, 0.15) is 18.0 Å². The number of amides is 2. The first-order valence-corrected chi connectivity index (χ1v) is 14.5. The minimum atomic E-state index is -0.742. The monoisotopic (exact) mass is 576 g/mol. The van der Waals surface area contributed by atoms with E-state index < -0.39 is 18.2 Å². The van der Waals surface area contributed by atoms with Crippen LogP contribution >= 0.6 is 0 Å². The molecule has 11 nitrogen and oxygen atoms in total. The second-order valence-electron chi connectivity index (χ2n) is 12.3. The van der Waals surface area contributed by atoms with Crippen LogP contribution in [0.1, 0.15) is 74.0 Å². The molecular weight excluding hydrogens is 539 g/mol. The van der Waals surface area contributed by atoms with Crippen LogP contribution in [0.5, 0.6) is 0 Å². The van der Waals surface area contributed by atoms with Gasteiger partial charge in [0, 0.05) is 31.4 Å². The lowest BCUT2D eigenvalue weighted by atomic mass is 10.0. The van der Waals surface area contributed by atoms with Gasteiger partial charge in [-0.25, -0.2) is 18.7 Å². The SMILES string of the molecule is Cc1cn2cc(NC(=O)c3ccc(N4CCC(N(C(=O)OC(C)(C)C)C5CC5)CC4)c4cc(CF)nn34)nc2c(C)n1. The zero-order valence-electron chi connectivity index (χ0n) is 24.7. The molecule has 0 unspecified atom stereocenters. The topological polar surface area (TPSA) is 109 Å². The number of imidazole rings is 1. The Bertz CT molecular complexity index is 1660. The molecule has 1 N–H and O–H groups in total. The molecule has 1 saturated heterocycles. The van der Waals surface area contributed by atoms with E-state index in [1.165, 1.54) is 4.52 Å². The van der Waals surface area contributed by atoms with Gasteiger partial charge in [-0.3, -0.25) is 9.78 Å². The van der Waals surface area contributed by atoms with Gasteiger partial charge in [-0.1, -0.05) is 0 Å². The Hall–Kier alpha value is -4.22. The standard InChI is InChI=1S/C30H37FN8O3/c1-18-16-37-17-26(33-27(37)19(2)32-18)34-28(40)24-9-8-23(25-14-20(15-31)35-39(24)25)36-12-10-22(11-13-36)38(21-6-7-21)29(41)42-30(3,4)5/h8-9,14,16-17,21-22H,6-7,10-13,15H2,1-5H3,(H,34,40). The van der Waals surface area contributed by atoms with Crippen molar-refractivity contribution in [3.63, 3.8) is 0 Å². The maximum Gasteiger partial charge on any atom is 0.410 e. The summed E-state index contributed by atoms with van der Waals surface area (Å²) in [5.41, 5.74) is 3.78. The average molecular weight is 577 g/mol. The Kier molecular flexibility index (Phi) is 7.02. The van der Waals surface area contributed by atoms with E-state index in [1.54, 1.807) is 18.3 Å². The van der Waals surface area contributed by atoms with Gasteiger partial charge in [0.05, 0.1) is 34.5 Å². The lowest BCUT2D eigenvalue weighted by Gasteiger charge is -2.40. The van der Waals surface area contributed by atoms with Crippen molar-refractivity contribution in [1.29, 1.82) is 0 Å². The van der Waals surface area contributed by atoms with E-state index in [2.05, 4.69) is 25.3 Å². The van der Waals surface area contributed by atoms with E-state index in [4.69, 9.17) is 4.74 Å². The molecule has 12 heteroatoms. The number of carbonyl (C=O) groups excluding carboxylic acids is 2. The molecule has 1 aliphatic carbocycles. The number of aromatic nitrogens is 5. The van der Waals surface area contributed by atoms with Crippen LogP contribution in [0.3, 0.4) is 0 Å². The van der Waals surface area contributed by atoms with E-state index in [-0.39, 0.29) is 29.6 Å². The first-order valence-electron chi connectivity index (χ1n) is 14.5. The number of fused-ring (bicyclic) bond motifs is 2. The van der Waals surface area contributed by atoms with Gasteiger partial charge < -0.3 is 24.3 Å². The molecule has 2 aliphatic rings. The molecule has 1 aliphatic heterocycles. The second kappa shape index (κ2) is 10.6. The number of rotatable bonds is 6. The minimum absolute atomic E-state index is 0.101. The predicted molar refractivity (Wildman–Crippen MR) is 157 cm³/mol. The lowest BCUT2D eigenvalue weighted by molar-refractivity contribution is 0.0114. The smallest absolute Gasteiger partial charge is 0.410 e. The maximum absolute atomic E-state index is 13.8. The summed E-state index contributed by atoms with van der Waals surface area (Å²) in [5, 5.41) is 7.26. The molecule has 0 bridgehead atoms. The summed E-state index contributed by atoms with van der Waals surface area (Å²) >= 11 is 0. The molecule has 2 fully saturated rings. The summed E-state index contributed by atoms with van der Waals surface area (Å²) in [6.45, 7) is 10.1. The summed E-state index contributed by atoms with van der Waals surface area (Å²) < 4.78 is 22.8. The molecule has 0 aromatic carbocycles. The molecule has 0 atom stereocenters. The minimum Gasteiger partial charge on any atom is -0.444 e. The number of ether oxygens (including phenoxy) is 1. The molecule has 2 amide bonds. The molecule has 4 aromatic rings. The third-order valence-electron chi connectivity index (χ3n) is 7.73. The summed E-state index contributed by atoms with van der Waals surface area (Å²) in [6.07, 6.45) is 6.94. The maximum atomic E-state index is 13.8. The van der Waals surface area contributed by atoms with E-state index in [0.717, 1.165) is 42.8 Å². The zero-order valence-corrected chi connectivity index (χ0v) is 24.7. The van der Waals surface area contributed by atoms with Crippen molar-refractivity contribution in [2.45, 2.75) is 84.7 Å². The Balaban J connectivity index is 1.22. The molecule has 5 heterocycles. The molecule has 0 radical (unpaired) electrons. The molecule has 6 rings (SSSR count). The molecular formula is C30H37FN8O3. The van der Waals surface area contributed by atoms with Crippen LogP contribution in [0.15, 0.2) is 30.6 Å². The van der Waals surface area contributed by atoms with Crippen LogP contribution in [0.4, 0.5) is 20.7 Å². The number of hydrogen-bond acceptors (Lipinski definition) is 7. The highest BCUT2D eigenvalue weighted by Crippen LogP contribution is 2.35.